The van der Waals surface area contributed by atoms with Gasteiger partial charge < -0.3 is 16.0 Å². The van der Waals surface area contributed by atoms with E-state index in [0.29, 0.717) is 13.0 Å². The first-order valence-electron chi connectivity index (χ1n) is 11.1. The lowest BCUT2D eigenvalue weighted by Crippen LogP contribution is -2.61. The summed E-state index contributed by atoms with van der Waals surface area (Å²) in [6.45, 7) is 0.375. The highest BCUT2D eigenvalue weighted by Crippen LogP contribution is 2.55. The molecule has 0 spiro atoms. The summed E-state index contributed by atoms with van der Waals surface area (Å²) >= 11 is 3.45. The quantitative estimate of drug-likeness (QED) is 0.595. The van der Waals surface area contributed by atoms with Crippen molar-refractivity contribution >= 4 is 27.9 Å². The molecule has 3 N–H and O–H groups in total. The Labute approximate surface area is 180 Å². The van der Waals surface area contributed by atoms with Gasteiger partial charge >= 0.3 is 6.03 Å². The van der Waals surface area contributed by atoms with Crippen LogP contribution in [0.4, 0.5) is 4.79 Å². The number of halogens is 1. The topological polar surface area (TPSA) is 70.2 Å². The van der Waals surface area contributed by atoms with Crippen molar-refractivity contribution in [1.29, 1.82) is 0 Å². The van der Waals surface area contributed by atoms with Crippen molar-refractivity contribution in [3.63, 3.8) is 0 Å². The number of benzene rings is 1. The van der Waals surface area contributed by atoms with Crippen LogP contribution in [0, 0.1) is 17.8 Å². The second-order valence-corrected chi connectivity index (χ2v) is 10.9. The molecular weight excluding hydrogens is 430 g/mol. The van der Waals surface area contributed by atoms with E-state index in [1.54, 1.807) is 0 Å². The third-order valence-electron chi connectivity index (χ3n) is 7.58. The predicted molar refractivity (Wildman–Crippen MR) is 115 cm³/mol. The fourth-order valence-corrected chi connectivity index (χ4v) is 6.81. The lowest BCUT2D eigenvalue weighted by Gasteiger charge is -2.56. The highest BCUT2D eigenvalue weighted by atomic mass is 79.9. The summed E-state index contributed by atoms with van der Waals surface area (Å²) in [6.07, 6.45) is 9.77. The number of hydrogen-bond donors (Lipinski definition) is 3. The first-order chi connectivity index (χ1) is 13.9. The molecule has 3 amide bonds. The molecule has 5 saturated carbocycles. The van der Waals surface area contributed by atoms with E-state index in [9.17, 15) is 9.59 Å². The molecule has 0 aromatic heterocycles. The van der Waals surface area contributed by atoms with Crippen molar-refractivity contribution in [3.05, 3.63) is 34.3 Å². The van der Waals surface area contributed by atoms with E-state index in [1.807, 2.05) is 12.1 Å². The van der Waals surface area contributed by atoms with Gasteiger partial charge in [-0.1, -0.05) is 28.1 Å². The molecule has 1 aromatic carbocycles. The molecule has 0 unspecified atom stereocenters. The average molecular weight is 460 g/mol. The van der Waals surface area contributed by atoms with Crippen LogP contribution < -0.4 is 16.0 Å². The maximum Gasteiger partial charge on any atom is 0.315 e. The zero-order valence-corrected chi connectivity index (χ0v) is 18.4. The normalized spacial score (nSPS) is 33.2. The molecule has 0 heterocycles. The molecule has 0 saturated heterocycles. The van der Waals surface area contributed by atoms with E-state index in [-0.39, 0.29) is 23.0 Å². The zero-order valence-electron chi connectivity index (χ0n) is 16.8. The van der Waals surface area contributed by atoms with Crippen LogP contribution in [0.2, 0.25) is 0 Å². The second-order valence-electron chi connectivity index (χ2n) is 9.97. The van der Waals surface area contributed by atoms with Crippen LogP contribution in [-0.4, -0.2) is 24.0 Å². The van der Waals surface area contributed by atoms with Crippen LogP contribution in [0.1, 0.15) is 63.4 Å². The van der Waals surface area contributed by atoms with Crippen molar-refractivity contribution in [2.24, 2.45) is 17.8 Å². The number of rotatable bonds is 6. The third kappa shape index (κ3) is 4.05. The smallest absolute Gasteiger partial charge is 0.315 e. The summed E-state index contributed by atoms with van der Waals surface area (Å²) in [5.41, 5.74) is 0.960. The van der Waals surface area contributed by atoms with Gasteiger partial charge in [-0.2, -0.15) is 0 Å². The summed E-state index contributed by atoms with van der Waals surface area (Å²) in [7, 11) is 0. The van der Waals surface area contributed by atoms with Gasteiger partial charge in [-0.15, -0.1) is 0 Å². The third-order valence-corrected chi connectivity index (χ3v) is 8.11. The number of nitrogens with one attached hydrogen (secondary N) is 3. The van der Waals surface area contributed by atoms with E-state index >= 15 is 0 Å². The Balaban J connectivity index is 1.08. The Hall–Kier alpha value is -1.56. The van der Waals surface area contributed by atoms with Gasteiger partial charge in [0.25, 0.3) is 0 Å². The lowest BCUT2D eigenvalue weighted by atomic mass is 9.53. The largest absolute Gasteiger partial charge is 0.347 e. The Kier molecular flexibility index (Phi) is 4.88. The Morgan fingerprint density at radius 1 is 0.931 bits per heavy atom. The van der Waals surface area contributed by atoms with Crippen LogP contribution in [0.5, 0.6) is 0 Å². The molecule has 29 heavy (non-hydrogen) atoms. The molecule has 5 aliphatic carbocycles. The zero-order chi connectivity index (χ0) is 20.1. The van der Waals surface area contributed by atoms with Gasteiger partial charge in [0.1, 0.15) is 0 Å². The monoisotopic (exact) mass is 459 g/mol. The van der Waals surface area contributed by atoms with E-state index in [0.717, 1.165) is 59.9 Å². The van der Waals surface area contributed by atoms with Gasteiger partial charge in [0.2, 0.25) is 5.91 Å². The molecule has 0 aliphatic heterocycles. The molecule has 5 nitrogen and oxygen atoms in total. The number of carbonyl (C=O) groups is 2. The Bertz CT molecular complexity index is 768. The number of urea groups is 1. The van der Waals surface area contributed by atoms with E-state index in [1.165, 1.54) is 19.3 Å². The van der Waals surface area contributed by atoms with Gasteiger partial charge in [-0.3, -0.25) is 4.79 Å². The molecule has 156 valence electrons. The number of amides is 3. The first kappa shape index (κ1) is 19.4. The highest BCUT2D eigenvalue weighted by molar-refractivity contribution is 9.10. The second kappa shape index (κ2) is 7.29. The SMILES string of the molecule is O=C(CCNC(=O)NC12CC3CC(CC(C3)C1)C2)NC1(c2ccc(Br)cc2)CC1. The lowest BCUT2D eigenvalue weighted by molar-refractivity contribution is -0.122. The number of carbonyl (C=O) groups excluding carboxylic acids is 2. The van der Waals surface area contributed by atoms with Gasteiger partial charge in [-0.05, 0) is 86.8 Å². The van der Waals surface area contributed by atoms with Crippen LogP contribution in [0.25, 0.3) is 0 Å². The van der Waals surface area contributed by atoms with E-state index < -0.39 is 0 Å². The average Bonchev–Trinajstić information content (AvgIpc) is 3.41. The standard InChI is InChI=1S/C23H30BrN3O2/c24-19-3-1-18(2-4-19)23(6-7-23)26-20(28)5-8-25-21(29)27-22-12-15-9-16(13-22)11-17(10-15)14-22/h1-4,15-17H,5-14H2,(H,26,28)(H2,25,27,29). The summed E-state index contributed by atoms with van der Waals surface area (Å²) in [5, 5.41) is 9.41. The fraction of sp³-hybridized carbons (Fsp3) is 0.652. The summed E-state index contributed by atoms with van der Waals surface area (Å²) in [4.78, 5) is 24.9. The molecule has 4 bridgehead atoms. The van der Waals surface area contributed by atoms with Crippen molar-refractivity contribution in [3.8, 4) is 0 Å². The van der Waals surface area contributed by atoms with Crippen LogP contribution in [-0.2, 0) is 10.3 Å². The van der Waals surface area contributed by atoms with E-state index in [2.05, 4.69) is 44.0 Å². The molecule has 6 rings (SSSR count). The van der Waals surface area contributed by atoms with Crippen LogP contribution >= 0.6 is 15.9 Å². The molecule has 0 radical (unpaired) electrons. The van der Waals surface area contributed by atoms with Crippen LogP contribution in [0.3, 0.4) is 0 Å². The molecule has 1 aromatic rings. The highest BCUT2D eigenvalue weighted by Gasteiger charge is 2.51. The van der Waals surface area contributed by atoms with Gasteiger partial charge in [-0.25, -0.2) is 4.79 Å². The van der Waals surface area contributed by atoms with Crippen LogP contribution in [0.15, 0.2) is 28.7 Å². The number of hydrogen-bond acceptors (Lipinski definition) is 2. The molecule has 5 fully saturated rings. The first-order valence-corrected chi connectivity index (χ1v) is 11.9. The summed E-state index contributed by atoms with van der Waals surface area (Å²) in [6, 6.07) is 8.05. The van der Waals surface area contributed by atoms with E-state index in [4.69, 9.17) is 0 Å². The minimum Gasteiger partial charge on any atom is -0.347 e. The molecular formula is C23H30BrN3O2. The maximum absolute atomic E-state index is 12.5. The van der Waals surface area contributed by atoms with Crippen molar-refractivity contribution in [2.45, 2.75) is 68.9 Å². The summed E-state index contributed by atoms with van der Waals surface area (Å²) < 4.78 is 1.04. The van der Waals surface area contributed by atoms with Gasteiger partial charge in [0.05, 0.1) is 5.54 Å². The molecule has 6 heteroatoms. The predicted octanol–water partition coefficient (Wildman–Crippen LogP) is 4.21. The fourth-order valence-electron chi connectivity index (χ4n) is 6.55. The Morgan fingerprint density at radius 2 is 1.52 bits per heavy atom. The van der Waals surface area contributed by atoms with Gasteiger partial charge in [0.15, 0.2) is 0 Å². The summed E-state index contributed by atoms with van der Waals surface area (Å²) in [5.74, 6) is 2.42. The molecule has 0 atom stereocenters. The van der Waals surface area contributed by atoms with Crippen molar-refractivity contribution in [1.82, 2.24) is 16.0 Å². The Morgan fingerprint density at radius 3 is 2.07 bits per heavy atom. The minimum absolute atomic E-state index is 0.000484. The minimum atomic E-state index is -0.209. The van der Waals surface area contributed by atoms with Crippen molar-refractivity contribution < 1.29 is 9.59 Å². The van der Waals surface area contributed by atoms with Gasteiger partial charge in [0, 0.05) is 23.0 Å². The molecule has 5 aliphatic rings. The van der Waals surface area contributed by atoms with Crippen molar-refractivity contribution in [2.75, 3.05) is 6.54 Å². The maximum atomic E-state index is 12.5.